The highest BCUT2D eigenvalue weighted by Crippen LogP contribution is 2.29. The van der Waals surface area contributed by atoms with Crippen molar-refractivity contribution < 1.29 is 9.59 Å². The molecule has 1 heterocycles. The summed E-state index contributed by atoms with van der Waals surface area (Å²) >= 11 is 0. The van der Waals surface area contributed by atoms with Crippen molar-refractivity contribution in [2.45, 2.75) is 78.2 Å². The fraction of sp³-hybridized carbons (Fsp3) is 0.452. The number of nitrogens with one attached hydrogen (secondary N) is 1. The van der Waals surface area contributed by atoms with Crippen molar-refractivity contribution in [3.8, 4) is 5.69 Å². The number of hydrogen-bond donors (Lipinski definition) is 1. The van der Waals surface area contributed by atoms with Crippen LogP contribution in [0.25, 0.3) is 5.69 Å². The molecule has 0 aliphatic heterocycles. The van der Waals surface area contributed by atoms with Crippen molar-refractivity contribution in [3.05, 3.63) is 77.5 Å². The van der Waals surface area contributed by atoms with Crippen molar-refractivity contribution in [1.82, 2.24) is 14.7 Å². The van der Waals surface area contributed by atoms with Crippen LogP contribution in [0.5, 0.6) is 0 Å². The Morgan fingerprint density at radius 3 is 2.43 bits per heavy atom. The number of anilines is 1. The Labute approximate surface area is 221 Å². The maximum absolute atomic E-state index is 13.3. The second kappa shape index (κ2) is 11.8. The van der Waals surface area contributed by atoms with E-state index in [4.69, 9.17) is 5.10 Å². The van der Waals surface area contributed by atoms with E-state index in [-0.39, 0.29) is 23.8 Å². The average molecular weight is 501 g/mol. The summed E-state index contributed by atoms with van der Waals surface area (Å²) in [5.74, 6) is 1.06. The third-order valence-electron chi connectivity index (χ3n) is 7.14. The van der Waals surface area contributed by atoms with Crippen LogP contribution in [0.15, 0.2) is 60.7 Å². The van der Waals surface area contributed by atoms with Gasteiger partial charge in [0.1, 0.15) is 12.4 Å². The van der Waals surface area contributed by atoms with Crippen LogP contribution < -0.4 is 5.32 Å². The minimum Gasteiger partial charge on any atom is -0.329 e. The first-order chi connectivity index (χ1) is 17.7. The van der Waals surface area contributed by atoms with E-state index in [9.17, 15) is 9.59 Å². The Bertz CT molecular complexity index is 1200. The van der Waals surface area contributed by atoms with E-state index in [1.165, 1.54) is 25.7 Å². The van der Waals surface area contributed by atoms with Crippen LogP contribution in [0, 0.1) is 12.8 Å². The summed E-state index contributed by atoms with van der Waals surface area (Å²) in [4.78, 5) is 28.3. The van der Waals surface area contributed by atoms with Gasteiger partial charge in [-0.05, 0) is 42.5 Å². The molecule has 1 N–H and O–H groups in total. The van der Waals surface area contributed by atoms with Crippen molar-refractivity contribution in [3.63, 3.8) is 0 Å². The molecule has 37 heavy (non-hydrogen) atoms. The molecule has 3 aromatic rings. The van der Waals surface area contributed by atoms with Crippen LogP contribution in [0.1, 0.15) is 76.1 Å². The van der Waals surface area contributed by atoms with Gasteiger partial charge in [0.25, 0.3) is 0 Å². The fourth-order valence-electron chi connectivity index (χ4n) is 4.97. The molecule has 6 heteroatoms. The lowest BCUT2D eigenvalue weighted by atomic mass is 9.92. The Morgan fingerprint density at radius 2 is 1.76 bits per heavy atom. The van der Waals surface area contributed by atoms with E-state index in [0.29, 0.717) is 24.7 Å². The number of amides is 2. The Hall–Kier alpha value is -3.41. The molecule has 196 valence electrons. The minimum absolute atomic E-state index is 0.00223. The molecule has 0 bridgehead atoms. The molecule has 1 aromatic heterocycles. The molecule has 6 nitrogen and oxygen atoms in total. The number of carbonyl (C=O) groups excluding carboxylic acids is 2. The summed E-state index contributed by atoms with van der Waals surface area (Å²) in [6.07, 6.45) is 6.35. The van der Waals surface area contributed by atoms with E-state index < -0.39 is 0 Å². The van der Waals surface area contributed by atoms with E-state index in [1.54, 1.807) is 9.58 Å². The smallest absolute Gasteiger partial charge is 0.245 e. The van der Waals surface area contributed by atoms with Gasteiger partial charge in [0.05, 0.1) is 11.4 Å². The first-order valence-corrected chi connectivity index (χ1v) is 13.5. The molecule has 1 saturated carbocycles. The molecule has 1 fully saturated rings. The van der Waals surface area contributed by atoms with Gasteiger partial charge in [-0.15, -0.1) is 0 Å². The van der Waals surface area contributed by atoms with E-state index >= 15 is 0 Å². The van der Waals surface area contributed by atoms with Gasteiger partial charge in [0.15, 0.2) is 0 Å². The number of nitrogens with zero attached hydrogens (tertiary/aromatic N) is 3. The molecule has 0 radical (unpaired) electrons. The molecule has 1 aliphatic carbocycles. The number of carbonyl (C=O) groups is 2. The van der Waals surface area contributed by atoms with Crippen molar-refractivity contribution in [2.24, 2.45) is 5.92 Å². The number of benzene rings is 2. The lowest BCUT2D eigenvalue weighted by molar-refractivity contribution is -0.135. The van der Waals surface area contributed by atoms with Gasteiger partial charge in [0.2, 0.25) is 11.8 Å². The zero-order valence-corrected chi connectivity index (χ0v) is 22.7. The second-order valence-electron chi connectivity index (χ2n) is 11.4. The summed E-state index contributed by atoms with van der Waals surface area (Å²) in [6, 6.07) is 19.9. The first-order valence-electron chi connectivity index (χ1n) is 13.5. The van der Waals surface area contributed by atoms with E-state index in [2.05, 4.69) is 26.1 Å². The van der Waals surface area contributed by atoms with Crippen molar-refractivity contribution >= 4 is 17.6 Å². The Balaban J connectivity index is 1.52. The highest BCUT2D eigenvalue weighted by atomic mass is 16.2. The molecule has 0 atom stereocenters. The Morgan fingerprint density at radius 1 is 1.03 bits per heavy atom. The number of aryl methyl sites for hydroxylation is 1. The molecule has 0 unspecified atom stereocenters. The third kappa shape index (κ3) is 7.31. The second-order valence-corrected chi connectivity index (χ2v) is 11.4. The molecule has 0 saturated heterocycles. The molecule has 2 amide bonds. The van der Waals surface area contributed by atoms with Gasteiger partial charge in [-0.1, -0.05) is 88.9 Å². The molecule has 0 spiro atoms. The predicted octanol–water partition coefficient (Wildman–Crippen LogP) is 6.42. The summed E-state index contributed by atoms with van der Waals surface area (Å²) in [5, 5.41) is 7.88. The van der Waals surface area contributed by atoms with Crippen LogP contribution in [0.2, 0.25) is 0 Å². The van der Waals surface area contributed by atoms with Gasteiger partial charge in [-0.2, -0.15) is 5.10 Å². The molecular weight excluding hydrogens is 460 g/mol. The number of rotatable bonds is 9. The summed E-state index contributed by atoms with van der Waals surface area (Å²) < 4.78 is 1.79. The number of hydrogen-bond acceptors (Lipinski definition) is 3. The van der Waals surface area contributed by atoms with Gasteiger partial charge in [-0.3, -0.25) is 9.59 Å². The third-order valence-corrected chi connectivity index (χ3v) is 7.14. The van der Waals surface area contributed by atoms with Gasteiger partial charge < -0.3 is 10.2 Å². The molecular formula is C31H40N4O2. The van der Waals surface area contributed by atoms with E-state index in [1.807, 2.05) is 67.6 Å². The Kier molecular flexibility index (Phi) is 8.47. The molecule has 1 aliphatic rings. The minimum atomic E-state index is -0.223. The van der Waals surface area contributed by atoms with Gasteiger partial charge in [0, 0.05) is 24.4 Å². The zero-order valence-electron chi connectivity index (χ0n) is 22.7. The van der Waals surface area contributed by atoms with Crippen molar-refractivity contribution in [1.29, 1.82) is 0 Å². The molecule has 4 rings (SSSR count). The largest absolute Gasteiger partial charge is 0.329 e. The van der Waals surface area contributed by atoms with Gasteiger partial charge in [-0.25, -0.2) is 4.68 Å². The SMILES string of the molecule is Cc1cccc(-n2nc(C(C)(C)C)cc2NC(=O)CN(Cc2ccccc2)C(=O)CCC2CCCC2)c1. The number of aromatic nitrogens is 2. The topological polar surface area (TPSA) is 67.2 Å². The average Bonchev–Trinajstić information content (AvgIpc) is 3.53. The highest BCUT2D eigenvalue weighted by molar-refractivity contribution is 5.94. The van der Waals surface area contributed by atoms with Crippen LogP contribution in [0.4, 0.5) is 5.82 Å². The molecule has 2 aromatic carbocycles. The lowest BCUT2D eigenvalue weighted by Crippen LogP contribution is -2.38. The van der Waals surface area contributed by atoms with Crippen LogP contribution in [0.3, 0.4) is 0 Å². The monoisotopic (exact) mass is 500 g/mol. The standard InChI is InChI=1S/C31H40N4O2/c1-23-11-10-16-26(19-23)35-28(20-27(33-35)31(2,3)4)32-29(36)22-34(21-25-14-6-5-7-15-25)30(37)18-17-24-12-8-9-13-24/h5-7,10-11,14-16,19-20,24H,8-9,12-13,17-18,21-22H2,1-4H3,(H,32,36). The quantitative estimate of drug-likeness (QED) is 0.369. The fourth-order valence-corrected chi connectivity index (χ4v) is 4.97. The predicted molar refractivity (Wildman–Crippen MR) is 149 cm³/mol. The summed E-state index contributed by atoms with van der Waals surface area (Å²) in [7, 11) is 0. The summed E-state index contributed by atoms with van der Waals surface area (Å²) in [5.41, 5.74) is 3.73. The van der Waals surface area contributed by atoms with Crippen molar-refractivity contribution in [2.75, 3.05) is 11.9 Å². The lowest BCUT2D eigenvalue weighted by Gasteiger charge is -2.23. The van der Waals surface area contributed by atoms with Crippen LogP contribution >= 0.6 is 0 Å². The zero-order chi connectivity index (χ0) is 26.4. The summed E-state index contributed by atoms with van der Waals surface area (Å²) in [6.45, 7) is 8.77. The maximum Gasteiger partial charge on any atom is 0.245 e. The van der Waals surface area contributed by atoms with Gasteiger partial charge >= 0.3 is 0 Å². The van der Waals surface area contributed by atoms with Crippen LogP contribution in [-0.2, 0) is 21.5 Å². The van der Waals surface area contributed by atoms with E-state index in [0.717, 1.165) is 28.9 Å². The normalized spacial score (nSPS) is 14.1. The maximum atomic E-state index is 13.3. The van der Waals surface area contributed by atoms with Crippen LogP contribution in [-0.4, -0.2) is 33.0 Å². The first kappa shape index (κ1) is 26.6. The highest BCUT2D eigenvalue weighted by Gasteiger charge is 2.24.